The molecule has 1 aliphatic carbocycles. The second kappa shape index (κ2) is 9.25. The summed E-state index contributed by atoms with van der Waals surface area (Å²) < 4.78 is 5.79. The summed E-state index contributed by atoms with van der Waals surface area (Å²) in [5.41, 5.74) is 4.78. The molecule has 0 saturated heterocycles. The fourth-order valence-electron chi connectivity index (χ4n) is 3.31. The number of nitrogens with zero attached hydrogens (tertiary/aromatic N) is 4. The second-order valence-electron chi connectivity index (χ2n) is 6.70. The maximum Gasteiger partial charge on any atom is 0.291 e. The Morgan fingerprint density at radius 1 is 1.27 bits per heavy atom. The fraction of sp³-hybridized carbons (Fsp3) is 0.286. The normalized spacial score (nSPS) is 13.8. The van der Waals surface area contributed by atoms with Gasteiger partial charge in [-0.05, 0) is 38.0 Å². The largest absolute Gasteiger partial charge is 0.455 e. The fourth-order valence-corrected chi connectivity index (χ4v) is 3.50. The number of aryl methyl sites for hydroxylation is 1. The first-order chi connectivity index (χ1) is 14.5. The zero-order chi connectivity index (χ0) is 21.7. The number of hydrazone groups is 1. The van der Waals surface area contributed by atoms with Crippen LogP contribution in [0.1, 0.15) is 50.6 Å². The van der Waals surface area contributed by atoms with Gasteiger partial charge in [-0.3, -0.25) is 9.59 Å². The quantitative estimate of drug-likeness (QED) is 0.584. The van der Waals surface area contributed by atoms with Crippen LogP contribution >= 0.6 is 11.6 Å². The van der Waals surface area contributed by atoms with Crippen molar-refractivity contribution in [3.8, 4) is 12.1 Å². The molecule has 2 aromatic rings. The van der Waals surface area contributed by atoms with E-state index in [0.29, 0.717) is 46.0 Å². The number of carbonyl (C=O) groups excluding carboxylic acids is 2. The summed E-state index contributed by atoms with van der Waals surface area (Å²) in [7, 11) is 0. The topological polar surface area (TPSA) is 122 Å². The van der Waals surface area contributed by atoms with Gasteiger partial charge in [0.25, 0.3) is 11.8 Å². The van der Waals surface area contributed by atoms with Gasteiger partial charge in [-0.25, -0.2) is 5.43 Å². The van der Waals surface area contributed by atoms with E-state index in [9.17, 15) is 9.59 Å². The van der Waals surface area contributed by atoms with Crippen molar-refractivity contribution < 1.29 is 14.0 Å². The van der Waals surface area contributed by atoms with Crippen LogP contribution in [0.3, 0.4) is 0 Å². The Kier molecular flexibility index (Phi) is 6.51. The molecular weight excluding hydrogens is 406 g/mol. The number of rotatable bonds is 5. The lowest BCUT2D eigenvalue weighted by Gasteiger charge is -2.14. The number of hydrogen-bond acceptors (Lipinski definition) is 6. The summed E-state index contributed by atoms with van der Waals surface area (Å²) >= 11 is 5.92. The average Bonchev–Trinajstić information content (AvgIpc) is 3.08. The van der Waals surface area contributed by atoms with Crippen molar-refractivity contribution in [3.05, 3.63) is 57.5 Å². The number of halogens is 1. The molecule has 8 nitrogen and oxygen atoms in total. The summed E-state index contributed by atoms with van der Waals surface area (Å²) in [5, 5.41) is 22.5. The number of hydrogen-bond donors (Lipinski definition) is 1. The molecule has 0 saturated carbocycles. The highest BCUT2D eigenvalue weighted by Gasteiger charge is 2.30. The highest BCUT2D eigenvalue weighted by atomic mass is 35.5. The van der Waals surface area contributed by atoms with E-state index in [2.05, 4.69) is 10.5 Å². The van der Waals surface area contributed by atoms with Gasteiger partial charge in [0.05, 0.1) is 17.9 Å². The Labute approximate surface area is 178 Å². The molecule has 0 fully saturated rings. The van der Waals surface area contributed by atoms with Crippen LogP contribution < -0.4 is 5.43 Å². The summed E-state index contributed by atoms with van der Waals surface area (Å²) in [6.07, 6.45) is 1.98. The Morgan fingerprint density at radius 3 is 2.67 bits per heavy atom. The molecular formula is C21H18ClN5O3. The van der Waals surface area contributed by atoms with Crippen molar-refractivity contribution in [1.82, 2.24) is 10.3 Å². The summed E-state index contributed by atoms with van der Waals surface area (Å²) in [4.78, 5) is 26.2. The highest BCUT2D eigenvalue weighted by molar-refractivity contribution is 6.31. The number of amides is 2. The third-order valence-corrected chi connectivity index (χ3v) is 4.94. The maximum absolute atomic E-state index is 12.8. The van der Waals surface area contributed by atoms with Crippen LogP contribution in [0.25, 0.3) is 0 Å². The third-order valence-electron chi connectivity index (χ3n) is 4.71. The summed E-state index contributed by atoms with van der Waals surface area (Å²) in [6, 6.07) is 10.3. The molecule has 152 valence electrons. The van der Waals surface area contributed by atoms with Crippen LogP contribution in [0.5, 0.6) is 0 Å². The maximum atomic E-state index is 12.8. The zero-order valence-electron chi connectivity index (χ0n) is 16.2. The molecule has 0 radical (unpaired) electrons. The van der Waals surface area contributed by atoms with Crippen molar-refractivity contribution in [3.63, 3.8) is 0 Å². The molecule has 1 heterocycles. The van der Waals surface area contributed by atoms with E-state index in [0.717, 1.165) is 11.3 Å². The Balaban J connectivity index is 1.88. The first kappa shape index (κ1) is 21.1. The van der Waals surface area contributed by atoms with Gasteiger partial charge in [0, 0.05) is 28.1 Å². The van der Waals surface area contributed by atoms with Crippen LogP contribution in [0.4, 0.5) is 0 Å². The molecule has 1 aliphatic rings. The van der Waals surface area contributed by atoms with Gasteiger partial charge in [0.1, 0.15) is 18.8 Å². The lowest BCUT2D eigenvalue weighted by atomic mass is 9.93. The molecule has 0 unspecified atom stereocenters. The Bertz CT molecular complexity index is 1090. The molecule has 1 aromatic carbocycles. The van der Waals surface area contributed by atoms with Gasteiger partial charge in [-0.1, -0.05) is 17.7 Å². The highest BCUT2D eigenvalue weighted by Crippen LogP contribution is 2.30. The van der Waals surface area contributed by atoms with Gasteiger partial charge in [0.2, 0.25) is 0 Å². The number of fused-ring (bicyclic) bond motifs is 1. The number of benzene rings is 1. The van der Waals surface area contributed by atoms with Gasteiger partial charge in [0.15, 0.2) is 5.76 Å². The van der Waals surface area contributed by atoms with E-state index in [1.807, 2.05) is 12.1 Å². The lowest BCUT2D eigenvalue weighted by Crippen LogP contribution is -2.32. The third kappa shape index (κ3) is 4.35. The lowest BCUT2D eigenvalue weighted by molar-refractivity contribution is 0.0760. The average molecular weight is 424 g/mol. The van der Waals surface area contributed by atoms with E-state index in [4.69, 9.17) is 26.5 Å². The van der Waals surface area contributed by atoms with E-state index >= 15 is 0 Å². The van der Waals surface area contributed by atoms with Crippen LogP contribution in [0.2, 0.25) is 5.02 Å². The zero-order valence-corrected chi connectivity index (χ0v) is 17.0. The first-order valence-electron chi connectivity index (χ1n) is 9.24. The van der Waals surface area contributed by atoms with Gasteiger partial charge < -0.3 is 9.32 Å². The molecule has 9 heteroatoms. The minimum atomic E-state index is -0.521. The predicted molar refractivity (Wildman–Crippen MR) is 109 cm³/mol. The minimum Gasteiger partial charge on any atom is -0.455 e. The SMILES string of the molecule is Cc1c(C(=O)N(CC#N)CC#N)oc2c1/C(=N/NC(=O)c1cccc(Cl)c1)CCC2. The first-order valence-corrected chi connectivity index (χ1v) is 9.62. The molecule has 0 bridgehead atoms. The van der Waals surface area contributed by atoms with Crippen molar-refractivity contribution in [1.29, 1.82) is 10.5 Å². The Hall–Kier alpha value is -3.62. The van der Waals surface area contributed by atoms with Crippen molar-refractivity contribution in [2.45, 2.75) is 26.2 Å². The van der Waals surface area contributed by atoms with E-state index < -0.39 is 11.8 Å². The Morgan fingerprint density at radius 2 is 2.00 bits per heavy atom. The standard InChI is InChI=1S/C21H18ClN5O3/c1-13-18-16(25-26-20(28)14-4-2-5-15(22)12-14)6-3-7-17(18)30-19(13)21(29)27(10-8-23)11-9-24/h2,4-5,12H,3,6-7,10-11H2,1H3,(H,26,28)/b25-16+. The van der Waals surface area contributed by atoms with Crippen LogP contribution in [-0.2, 0) is 6.42 Å². The predicted octanol–water partition coefficient (Wildman–Crippen LogP) is 3.20. The molecule has 0 atom stereocenters. The molecule has 30 heavy (non-hydrogen) atoms. The molecule has 1 N–H and O–H groups in total. The number of furan rings is 1. The van der Waals surface area contributed by atoms with Crippen molar-refractivity contribution in [2.75, 3.05) is 13.1 Å². The van der Waals surface area contributed by atoms with E-state index in [1.54, 1.807) is 31.2 Å². The molecule has 0 aliphatic heterocycles. The van der Waals surface area contributed by atoms with Crippen LogP contribution in [-0.4, -0.2) is 35.5 Å². The van der Waals surface area contributed by atoms with Gasteiger partial charge >= 0.3 is 0 Å². The van der Waals surface area contributed by atoms with E-state index in [1.165, 1.54) is 0 Å². The van der Waals surface area contributed by atoms with Crippen molar-refractivity contribution in [2.24, 2.45) is 5.10 Å². The molecule has 2 amide bonds. The smallest absolute Gasteiger partial charge is 0.291 e. The van der Waals surface area contributed by atoms with Crippen LogP contribution in [0.15, 0.2) is 33.8 Å². The number of nitrogens with one attached hydrogen (secondary N) is 1. The second-order valence-corrected chi connectivity index (χ2v) is 7.13. The van der Waals surface area contributed by atoms with E-state index in [-0.39, 0.29) is 18.8 Å². The number of nitriles is 2. The summed E-state index contributed by atoms with van der Waals surface area (Å²) in [5.74, 6) is -0.232. The number of carbonyl (C=O) groups is 2. The van der Waals surface area contributed by atoms with Crippen molar-refractivity contribution >= 4 is 29.1 Å². The molecule has 3 rings (SSSR count). The molecule has 0 spiro atoms. The van der Waals surface area contributed by atoms with Crippen LogP contribution in [0, 0.1) is 29.6 Å². The van der Waals surface area contributed by atoms with Gasteiger partial charge in [-0.2, -0.15) is 15.6 Å². The monoisotopic (exact) mass is 423 g/mol. The summed E-state index contributed by atoms with van der Waals surface area (Å²) in [6.45, 7) is 1.30. The minimum absolute atomic E-state index is 0.0845. The molecule has 1 aromatic heterocycles. The van der Waals surface area contributed by atoms with Gasteiger partial charge in [-0.15, -0.1) is 0 Å².